The molecule has 4 nitrogen and oxygen atoms in total. The average molecular weight is 235 g/mol. The number of carbonyl (C=O) groups is 1. The molecule has 0 atom stereocenters. The van der Waals surface area contributed by atoms with E-state index in [4.69, 9.17) is 5.26 Å². The van der Waals surface area contributed by atoms with E-state index in [1.165, 1.54) is 19.2 Å². The smallest absolute Gasteiger partial charge is 0.239 e. The van der Waals surface area contributed by atoms with Crippen LogP contribution in [0.5, 0.6) is 0 Å². The summed E-state index contributed by atoms with van der Waals surface area (Å²) in [5.41, 5.74) is 0.414. The monoisotopic (exact) mass is 235 g/mol. The minimum absolute atomic E-state index is 0.0294. The average Bonchev–Trinajstić information content (AvgIpc) is 2.35. The summed E-state index contributed by atoms with van der Waals surface area (Å²) >= 11 is 0. The second-order valence-electron chi connectivity index (χ2n) is 3.43. The normalized spacial score (nSPS) is 9.53. The van der Waals surface area contributed by atoms with Crippen LogP contribution in [-0.4, -0.2) is 26.0 Å². The Morgan fingerprint density at radius 1 is 1.59 bits per heavy atom. The van der Waals surface area contributed by atoms with Crippen LogP contribution in [-0.2, 0) is 4.79 Å². The van der Waals surface area contributed by atoms with Crippen molar-refractivity contribution in [1.29, 1.82) is 5.26 Å². The van der Waals surface area contributed by atoms with Crippen molar-refractivity contribution < 1.29 is 9.18 Å². The molecule has 1 N–H and O–H groups in total. The summed E-state index contributed by atoms with van der Waals surface area (Å²) in [5, 5.41) is 11.4. The van der Waals surface area contributed by atoms with Gasteiger partial charge >= 0.3 is 0 Å². The highest BCUT2D eigenvalue weighted by Crippen LogP contribution is 2.22. The van der Waals surface area contributed by atoms with Crippen molar-refractivity contribution in [2.75, 3.05) is 25.0 Å². The van der Waals surface area contributed by atoms with Crippen LogP contribution in [0.4, 0.5) is 10.1 Å². The fourth-order valence-electron chi connectivity index (χ4n) is 1.51. The van der Waals surface area contributed by atoms with Crippen molar-refractivity contribution in [3.8, 4) is 6.07 Å². The molecule has 90 valence electrons. The van der Waals surface area contributed by atoms with Gasteiger partial charge in [0.25, 0.3) is 0 Å². The van der Waals surface area contributed by atoms with Crippen LogP contribution in [0, 0.1) is 17.1 Å². The van der Waals surface area contributed by atoms with Crippen LogP contribution in [0.3, 0.4) is 0 Å². The fourth-order valence-corrected chi connectivity index (χ4v) is 1.51. The summed E-state index contributed by atoms with van der Waals surface area (Å²) in [5.74, 6) is -0.750. The van der Waals surface area contributed by atoms with Crippen LogP contribution >= 0.6 is 0 Å². The first kappa shape index (κ1) is 13.0. The lowest BCUT2D eigenvalue weighted by Gasteiger charge is -2.23. The number of anilines is 1. The van der Waals surface area contributed by atoms with Crippen molar-refractivity contribution in [3.63, 3.8) is 0 Å². The van der Waals surface area contributed by atoms with Gasteiger partial charge in [0.1, 0.15) is 17.4 Å². The molecule has 1 amide bonds. The molecule has 0 aliphatic rings. The quantitative estimate of drug-likeness (QED) is 0.855. The number of nitrogens with zero attached hydrogens (tertiary/aromatic N) is 2. The second kappa shape index (κ2) is 5.85. The Kier molecular flexibility index (Phi) is 4.46. The number of benzene rings is 1. The zero-order valence-corrected chi connectivity index (χ0v) is 9.83. The van der Waals surface area contributed by atoms with Gasteiger partial charge in [0.15, 0.2) is 0 Å². The molecule has 5 heteroatoms. The molecular weight excluding hydrogens is 221 g/mol. The third-order valence-electron chi connectivity index (χ3n) is 2.44. The van der Waals surface area contributed by atoms with Crippen molar-refractivity contribution in [3.05, 3.63) is 29.6 Å². The van der Waals surface area contributed by atoms with Gasteiger partial charge in [0.05, 0.1) is 12.2 Å². The maximum atomic E-state index is 13.4. The molecule has 0 spiro atoms. The van der Waals surface area contributed by atoms with Crippen molar-refractivity contribution in [2.24, 2.45) is 0 Å². The number of likely N-dealkylation sites (N-methyl/N-ethyl adjacent to an activating group) is 2. The predicted molar refractivity (Wildman–Crippen MR) is 63.1 cm³/mol. The molecule has 0 aliphatic carbocycles. The fraction of sp³-hybridized carbons (Fsp3) is 0.333. The summed E-state index contributed by atoms with van der Waals surface area (Å²) in [6.07, 6.45) is 0. The van der Waals surface area contributed by atoms with Gasteiger partial charge in [-0.3, -0.25) is 4.79 Å². The summed E-state index contributed by atoms with van der Waals surface area (Å²) in [6.45, 7) is 2.46. The number of halogens is 1. The topological polar surface area (TPSA) is 56.1 Å². The van der Waals surface area contributed by atoms with Gasteiger partial charge in [0, 0.05) is 13.6 Å². The van der Waals surface area contributed by atoms with E-state index in [-0.39, 0.29) is 18.0 Å². The lowest BCUT2D eigenvalue weighted by molar-refractivity contribution is -0.119. The van der Waals surface area contributed by atoms with E-state index in [2.05, 4.69) is 5.32 Å². The minimum Gasteiger partial charge on any atom is -0.361 e. The SMILES string of the molecule is CCN(CC(=O)NC)c1cccc(F)c1C#N. The number of rotatable bonds is 4. The zero-order valence-electron chi connectivity index (χ0n) is 9.83. The van der Waals surface area contributed by atoms with E-state index >= 15 is 0 Å². The number of carbonyl (C=O) groups excluding carboxylic acids is 1. The maximum Gasteiger partial charge on any atom is 0.239 e. The summed E-state index contributed by atoms with van der Waals surface area (Å²) in [7, 11) is 1.53. The highest BCUT2D eigenvalue weighted by Gasteiger charge is 2.15. The molecule has 1 rings (SSSR count). The summed E-state index contributed by atoms with van der Waals surface area (Å²) in [6, 6.07) is 6.21. The lowest BCUT2D eigenvalue weighted by atomic mass is 10.1. The first-order valence-corrected chi connectivity index (χ1v) is 5.28. The summed E-state index contributed by atoms with van der Waals surface area (Å²) < 4.78 is 13.4. The first-order valence-electron chi connectivity index (χ1n) is 5.28. The van der Waals surface area contributed by atoms with Gasteiger partial charge in [0.2, 0.25) is 5.91 Å². The Morgan fingerprint density at radius 2 is 2.29 bits per heavy atom. The van der Waals surface area contributed by atoms with E-state index < -0.39 is 5.82 Å². The highest BCUT2D eigenvalue weighted by molar-refractivity contribution is 5.81. The van der Waals surface area contributed by atoms with Gasteiger partial charge in [-0.2, -0.15) is 5.26 Å². The molecule has 0 fully saturated rings. The Balaban J connectivity index is 3.08. The predicted octanol–water partition coefficient (Wildman–Crippen LogP) is 1.27. The van der Waals surface area contributed by atoms with Crippen LogP contribution in [0.25, 0.3) is 0 Å². The molecule has 1 aromatic carbocycles. The van der Waals surface area contributed by atoms with E-state index in [1.807, 2.05) is 13.0 Å². The molecule has 0 saturated carbocycles. The Hall–Kier alpha value is -2.09. The largest absolute Gasteiger partial charge is 0.361 e. The van der Waals surface area contributed by atoms with Gasteiger partial charge < -0.3 is 10.2 Å². The van der Waals surface area contributed by atoms with Crippen LogP contribution in [0.15, 0.2) is 18.2 Å². The third kappa shape index (κ3) is 2.94. The molecule has 0 unspecified atom stereocenters. The molecule has 17 heavy (non-hydrogen) atoms. The van der Waals surface area contributed by atoms with Gasteiger partial charge in [-0.15, -0.1) is 0 Å². The Bertz CT molecular complexity index is 454. The Morgan fingerprint density at radius 3 is 2.82 bits per heavy atom. The molecule has 1 aromatic rings. The third-order valence-corrected chi connectivity index (χ3v) is 2.44. The standard InChI is InChI=1S/C12H14FN3O/c1-3-16(8-12(17)15-2)11-6-4-5-10(13)9(11)7-14/h4-6H,3,8H2,1-2H3,(H,15,17). The lowest BCUT2D eigenvalue weighted by Crippen LogP contribution is -2.36. The Labute approximate surface area is 99.7 Å². The van der Waals surface area contributed by atoms with Crippen LogP contribution in [0.2, 0.25) is 0 Å². The molecule has 0 aromatic heterocycles. The van der Waals surface area contributed by atoms with Crippen molar-refractivity contribution >= 4 is 11.6 Å². The van der Waals surface area contributed by atoms with Gasteiger partial charge in [-0.25, -0.2) is 4.39 Å². The van der Waals surface area contributed by atoms with Gasteiger partial charge in [-0.1, -0.05) is 6.07 Å². The minimum atomic E-state index is -0.569. The first-order chi connectivity index (χ1) is 8.13. The van der Waals surface area contributed by atoms with Gasteiger partial charge in [-0.05, 0) is 19.1 Å². The van der Waals surface area contributed by atoms with Crippen LogP contribution in [0.1, 0.15) is 12.5 Å². The molecule has 0 radical (unpaired) electrons. The number of amides is 1. The molecule has 0 aliphatic heterocycles. The number of hydrogen-bond donors (Lipinski definition) is 1. The highest BCUT2D eigenvalue weighted by atomic mass is 19.1. The van der Waals surface area contributed by atoms with Crippen LogP contribution < -0.4 is 10.2 Å². The van der Waals surface area contributed by atoms with E-state index in [0.29, 0.717) is 12.2 Å². The van der Waals surface area contributed by atoms with E-state index in [9.17, 15) is 9.18 Å². The number of nitriles is 1. The molecular formula is C12H14FN3O. The second-order valence-corrected chi connectivity index (χ2v) is 3.43. The van der Waals surface area contributed by atoms with Crippen molar-refractivity contribution in [2.45, 2.75) is 6.92 Å². The number of hydrogen-bond acceptors (Lipinski definition) is 3. The molecule has 0 heterocycles. The van der Waals surface area contributed by atoms with Crippen molar-refractivity contribution in [1.82, 2.24) is 5.32 Å². The van der Waals surface area contributed by atoms with E-state index in [0.717, 1.165) is 0 Å². The molecule has 0 bridgehead atoms. The van der Waals surface area contributed by atoms with E-state index in [1.54, 1.807) is 11.0 Å². The maximum absolute atomic E-state index is 13.4. The zero-order chi connectivity index (χ0) is 12.8. The summed E-state index contributed by atoms with van der Waals surface area (Å²) in [4.78, 5) is 13.0. The molecule has 0 saturated heterocycles. The number of nitrogens with one attached hydrogen (secondary N) is 1.